The first-order valence-electron chi connectivity index (χ1n) is 7.11. The summed E-state index contributed by atoms with van der Waals surface area (Å²) >= 11 is 3.36. The summed E-state index contributed by atoms with van der Waals surface area (Å²) in [6, 6.07) is 13.8. The van der Waals surface area contributed by atoms with Gasteiger partial charge in [0.15, 0.2) is 0 Å². The van der Waals surface area contributed by atoms with E-state index in [4.69, 9.17) is 4.74 Å². The number of hydrogen-bond acceptors (Lipinski definition) is 4. The molecule has 1 heterocycles. The fourth-order valence-electron chi connectivity index (χ4n) is 2.49. The number of anilines is 2. The Balaban J connectivity index is 1.77. The van der Waals surface area contributed by atoms with Gasteiger partial charge in [-0.3, -0.25) is 9.59 Å². The Hall–Kier alpha value is -2.34. The molecule has 1 atom stereocenters. The van der Waals surface area contributed by atoms with Crippen LogP contribution >= 0.6 is 15.9 Å². The first-order chi connectivity index (χ1) is 11.1. The highest BCUT2D eigenvalue weighted by atomic mass is 79.9. The molecule has 0 spiro atoms. The van der Waals surface area contributed by atoms with E-state index < -0.39 is 6.04 Å². The number of amides is 2. The summed E-state index contributed by atoms with van der Waals surface area (Å²) in [6.45, 7) is 0. The molecule has 1 fully saturated rings. The molecule has 1 aliphatic rings. The predicted octanol–water partition coefficient (Wildman–Crippen LogP) is 3.20. The lowest BCUT2D eigenvalue weighted by atomic mass is 10.2. The van der Waals surface area contributed by atoms with Gasteiger partial charge in [-0.15, -0.1) is 0 Å². The molecule has 1 N–H and O–H groups in total. The number of methoxy groups -OCH3 is 1. The first-order valence-corrected chi connectivity index (χ1v) is 7.91. The molecule has 0 aromatic heterocycles. The molecule has 0 saturated carbocycles. The van der Waals surface area contributed by atoms with E-state index >= 15 is 0 Å². The maximum absolute atomic E-state index is 12.5. The van der Waals surface area contributed by atoms with E-state index in [9.17, 15) is 9.59 Å². The van der Waals surface area contributed by atoms with Crippen molar-refractivity contribution in [3.05, 3.63) is 53.0 Å². The second kappa shape index (κ2) is 6.42. The third-order valence-electron chi connectivity index (χ3n) is 3.66. The average Bonchev–Trinajstić information content (AvgIpc) is 2.84. The van der Waals surface area contributed by atoms with Crippen molar-refractivity contribution < 1.29 is 14.3 Å². The van der Waals surface area contributed by atoms with Crippen molar-refractivity contribution in [1.82, 2.24) is 0 Å². The molecule has 5 nitrogen and oxygen atoms in total. The van der Waals surface area contributed by atoms with E-state index in [0.717, 1.165) is 10.2 Å². The molecule has 2 aromatic rings. The molecule has 6 heteroatoms. The van der Waals surface area contributed by atoms with E-state index in [2.05, 4.69) is 21.2 Å². The van der Waals surface area contributed by atoms with Crippen LogP contribution in [-0.2, 0) is 9.59 Å². The third-order valence-corrected chi connectivity index (χ3v) is 4.19. The number of imide groups is 1. The molecular weight excluding hydrogens is 360 g/mol. The van der Waals surface area contributed by atoms with Crippen molar-refractivity contribution in [2.75, 3.05) is 17.3 Å². The van der Waals surface area contributed by atoms with E-state index in [-0.39, 0.29) is 18.2 Å². The largest absolute Gasteiger partial charge is 0.497 e. The summed E-state index contributed by atoms with van der Waals surface area (Å²) in [5.41, 5.74) is 1.36. The summed E-state index contributed by atoms with van der Waals surface area (Å²) < 4.78 is 6.05. The van der Waals surface area contributed by atoms with Crippen molar-refractivity contribution in [3.63, 3.8) is 0 Å². The number of nitrogens with zero attached hydrogens (tertiary/aromatic N) is 1. The topological polar surface area (TPSA) is 58.6 Å². The highest BCUT2D eigenvalue weighted by Gasteiger charge is 2.39. The van der Waals surface area contributed by atoms with Gasteiger partial charge >= 0.3 is 0 Å². The maximum atomic E-state index is 12.5. The normalized spacial score (nSPS) is 17.5. The number of carbonyl (C=O) groups excluding carboxylic acids is 2. The smallest absolute Gasteiger partial charge is 0.256 e. The van der Waals surface area contributed by atoms with Gasteiger partial charge in [-0.05, 0) is 48.5 Å². The maximum Gasteiger partial charge on any atom is 0.256 e. The molecule has 3 rings (SSSR count). The zero-order valence-corrected chi connectivity index (χ0v) is 14.0. The average molecular weight is 375 g/mol. The molecule has 1 saturated heterocycles. The molecule has 1 unspecified atom stereocenters. The number of halogens is 1. The lowest BCUT2D eigenvalue weighted by Gasteiger charge is -2.16. The second-order valence-corrected chi connectivity index (χ2v) is 6.09. The first kappa shape index (κ1) is 15.6. The Morgan fingerprint density at radius 3 is 2.35 bits per heavy atom. The number of hydrogen-bond donors (Lipinski definition) is 1. The Bertz CT molecular complexity index is 729. The van der Waals surface area contributed by atoms with Gasteiger partial charge in [0.1, 0.15) is 11.8 Å². The quantitative estimate of drug-likeness (QED) is 0.834. The van der Waals surface area contributed by atoms with Crippen LogP contribution in [0.3, 0.4) is 0 Å². The SMILES string of the molecule is COc1ccc(N2C(=O)CC(Nc3ccc(Br)cc3)C2=O)cc1. The summed E-state index contributed by atoms with van der Waals surface area (Å²) in [7, 11) is 1.57. The Kier molecular flexibility index (Phi) is 4.34. The minimum atomic E-state index is -0.550. The van der Waals surface area contributed by atoms with Crippen LogP contribution in [0.2, 0.25) is 0 Å². The summed E-state index contributed by atoms with van der Waals surface area (Å²) in [5.74, 6) is 0.218. The number of carbonyl (C=O) groups is 2. The fourth-order valence-corrected chi connectivity index (χ4v) is 2.76. The second-order valence-electron chi connectivity index (χ2n) is 5.17. The minimum Gasteiger partial charge on any atom is -0.497 e. The number of benzene rings is 2. The molecule has 118 valence electrons. The van der Waals surface area contributed by atoms with E-state index in [0.29, 0.717) is 11.4 Å². The number of rotatable bonds is 4. The van der Waals surface area contributed by atoms with Gasteiger partial charge in [0.2, 0.25) is 5.91 Å². The molecular formula is C17H15BrN2O3. The summed E-state index contributed by atoms with van der Waals surface area (Å²) in [4.78, 5) is 26.0. The van der Waals surface area contributed by atoms with E-state index in [1.165, 1.54) is 4.90 Å². The zero-order valence-electron chi connectivity index (χ0n) is 12.5. The van der Waals surface area contributed by atoms with Crippen molar-refractivity contribution in [2.45, 2.75) is 12.5 Å². The van der Waals surface area contributed by atoms with Crippen LogP contribution in [0.4, 0.5) is 11.4 Å². The highest BCUT2D eigenvalue weighted by Crippen LogP contribution is 2.27. The third kappa shape index (κ3) is 3.22. The van der Waals surface area contributed by atoms with Gasteiger partial charge in [0.05, 0.1) is 19.2 Å². The van der Waals surface area contributed by atoms with Crippen LogP contribution in [0, 0.1) is 0 Å². The molecule has 2 aromatic carbocycles. The Morgan fingerprint density at radius 2 is 1.74 bits per heavy atom. The molecule has 0 bridgehead atoms. The minimum absolute atomic E-state index is 0.140. The fraction of sp³-hybridized carbons (Fsp3) is 0.176. The standard InChI is InChI=1S/C17H15BrN2O3/c1-23-14-8-6-13(7-9-14)20-16(21)10-15(17(20)22)19-12-4-2-11(18)3-5-12/h2-9,15,19H,10H2,1H3. The van der Waals surface area contributed by atoms with Gasteiger partial charge in [-0.1, -0.05) is 15.9 Å². The molecule has 0 radical (unpaired) electrons. The summed E-state index contributed by atoms with van der Waals surface area (Å²) in [5, 5.41) is 3.11. The van der Waals surface area contributed by atoms with E-state index in [1.54, 1.807) is 31.4 Å². The number of nitrogens with one attached hydrogen (secondary N) is 1. The highest BCUT2D eigenvalue weighted by molar-refractivity contribution is 9.10. The Morgan fingerprint density at radius 1 is 1.09 bits per heavy atom. The van der Waals surface area contributed by atoms with Crippen LogP contribution in [0.15, 0.2) is 53.0 Å². The molecule has 2 amide bonds. The van der Waals surface area contributed by atoms with Crippen LogP contribution in [0.25, 0.3) is 0 Å². The predicted molar refractivity (Wildman–Crippen MR) is 91.7 cm³/mol. The van der Waals surface area contributed by atoms with Crippen LogP contribution < -0.4 is 15.0 Å². The van der Waals surface area contributed by atoms with E-state index in [1.807, 2.05) is 24.3 Å². The molecule has 1 aliphatic heterocycles. The summed E-state index contributed by atoms with van der Waals surface area (Å²) in [6.07, 6.45) is 0.140. The lowest BCUT2D eigenvalue weighted by Crippen LogP contribution is -2.34. The van der Waals surface area contributed by atoms with Gasteiger partial charge in [-0.25, -0.2) is 4.90 Å². The molecule has 0 aliphatic carbocycles. The number of ether oxygens (including phenoxy) is 1. The van der Waals surface area contributed by atoms with Gasteiger partial charge in [0, 0.05) is 10.2 Å². The van der Waals surface area contributed by atoms with Gasteiger partial charge < -0.3 is 10.1 Å². The van der Waals surface area contributed by atoms with Gasteiger partial charge in [-0.2, -0.15) is 0 Å². The van der Waals surface area contributed by atoms with Gasteiger partial charge in [0.25, 0.3) is 5.91 Å². The van der Waals surface area contributed by atoms with Crippen LogP contribution in [0.1, 0.15) is 6.42 Å². The molecule has 23 heavy (non-hydrogen) atoms. The van der Waals surface area contributed by atoms with Crippen LogP contribution in [-0.4, -0.2) is 25.0 Å². The monoisotopic (exact) mass is 374 g/mol. The van der Waals surface area contributed by atoms with Crippen molar-refractivity contribution in [2.24, 2.45) is 0 Å². The van der Waals surface area contributed by atoms with Crippen molar-refractivity contribution in [3.8, 4) is 5.75 Å². The lowest BCUT2D eigenvalue weighted by molar-refractivity contribution is -0.121. The van der Waals surface area contributed by atoms with Crippen molar-refractivity contribution in [1.29, 1.82) is 0 Å². The Labute approximate surface area is 142 Å². The van der Waals surface area contributed by atoms with Crippen LogP contribution in [0.5, 0.6) is 5.75 Å². The van der Waals surface area contributed by atoms with Crippen molar-refractivity contribution >= 4 is 39.1 Å². The zero-order chi connectivity index (χ0) is 16.4.